The van der Waals surface area contributed by atoms with Gasteiger partial charge in [0.15, 0.2) is 0 Å². The number of thiazole rings is 1. The highest BCUT2D eigenvalue weighted by atomic mass is 79.9. The van der Waals surface area contributed by atoms with Gasteiger partial charge >= 0.3 is 0 Å². The summed E-state index contributed by atoms with van der Waals surface area (Å²) in [6.45, 7) is 4.21. The number of rotatable bonds is 7. The molecule has 0 aliphatic carbocycles. The van der Waals surface area contributed by atoms with E-state index >= 15 is 0 Å². The van der Waals surface area contributed by atoms with Gasteiger partial charge in [-0.05, 0) is 33.4 Å². The zero-order valence-corrected chi connectivity index (χ0v) is 11.9. The molecule has 0 aromatic carbocycles. The van der Waals surface area contributed by atoms with Gasteiger partial charge in [0.25, 0.3) is 0 Å². The maximum Gasteiger partial charge on any atom is 0.0897 e. The fraction of sp³-hybridized carbons (Fsp3) is 0.727. The molecule has 0 atom stereocenters. The van der Waals surface area contributed by atoms with Gasteiger partial charge in [0, 0.05) is 17.3 Å². The van der Waals surface area contributed by atoms with Crippen LogP contribution >= 0.6 is 27.3 Å². The van der Waals surface area contributed by atoms with E-state index in [1.54, 1.807) is 11.3 Å². The van der Waals surface area contributed by atoms with Crippen molar-refractivity contribution in [3.8, 4) is 0 Å². The number of aryl methyl sites for hydroxylation is 1. The summed E-state index contributed by atoms with van der Waals surface area (Å²) in [6, 6.07) is 0. The number of unbranched alkanes of at least 4 members (excludes halogenated alkanes) is 2. The maximum atomic E-state index is 4.46. The first kappa shape index (κ1) is 13.1. The highest BCUT2D eigenvalue weighted by Crippen LogP contribution is 2.10. The lowest BCUT2D eigenvalue weighted by atomic mass is 10.2. The molecule has 1 heterocycles. The number of aromatic nitrogens is 1. The van der Waals surface area contributed by atoms with Gasteiger partial charge in [-0.3, -0.25) is 0 Å². The number of alkyl halides is 1. The lowest BCUT2D eigenvalue weighted by Crippen LogP contribution is -2.19. The van der Waals surface area contributed by atoms with Gasteiger partial charge < -0.3 is 4.90 Å². The van der Waals surface area contributed by atoms with E-state index in [1.165, 1.54) is 31.5 Å². The van der Waals surface area contributed by atoms with Crippen LogP contribution in [0.15, 0.2) is 5.38 Å². The first-order chi connectivity index (χ1) is 7.22. The van der Waals surface area contributed by atoms with Crippen molar-refractivity contribution in [2.45, 2.75) is 32.7 Å². The summed E-state index contributed by atoms with van der Waals surface area (Å²) < 4.78 is 0. The number of halogens is 1. The minimum absolute atomic E-state index is 0.985. The molecule has 0 saturated heterocycles. The SMILES string of the molecule is Cc1nc(CN(C)CCCCCBr)cs1. The van der Waals surface area contributed by atoms with Gasteiger partial charge in [-0.25, -0.2) is 4.98 Å². The predicted molar refractivity (Wildman–Crippen MR) is 70.8 cm³/mol. The van der Waals surface area contributed by atoms with E-state index < -0.39 is 0 Å². The Kier molecular flexibility index (Phi) is 6.45. The van der Waals surface area contributed by atoms with Crippen molar-refractivity contribution in [2.24, 2.45) is 0 Å². The molecule has 0 N–H and O–H groups in total. The van der Waals surface area contributed by atoms with Crippen LogP contribution in [-0.2, 0) is 6.54 Å². The fourth-order valence-electron chi connectivity index (χ4n) is 1.49. The zero-order valence-electron chi connectivity index (χ0n) is 9.50. The Bertz CT molecular complexity index is 275. The highest BCUT2D eigenvalue weighted by Gasteiger charge is 2.02. The second-order valence-electron chi connectivity index (χ2n) is 3.85. The summed E-state index contributed by atoms with van der Waals surface area (Å²) in [6.07, 6.45) is 3.88. The minimum atomic E-state index is 0.985. The van der Waals surface area contributed by atoms with E-state index in [4.69, 9.17) is 0 Å². The zero-order chi connectivity index (χ0) is 11.1. The second kappa shape index (κ2) is 7.36. The molecule has 0 bridgehead atoms. The van der Waals surface area contributed by atoms with Gasteiger partial charge in [-0.2, -0.15) is 0 Å². The predicted octanol–water partition coefficient (Wildman–Crippen LogP) is 3.45. The number of nitrogens with zero attached hydrogens (tertiary/aromatic N) is 2. The average molecular weight is 291 g/mol. The molecule has 1 aromatic heterocycles. The Labute approximate surface area is 105 Å². The molecule has 0 unspecified atom stereocenters. The van der Waals surface area contributed by atoms with Gasteiger partial charge in [-0.15, -0.1) is 11.3 Å². The van der Waals surface area contributed by atoms with Crippen LogP contribution in [0.2, 0.25) is 0 Å². The monoisotopic (exact) mass is 290 g/mol. The summed E-state index contributed by atoms with van der Waals surface area (Å²) in [5, 5.41) is 4.45. The maximum absolute atomic E-state index is 4.46. The molecule has 0 aliphatic heterocycles. The molecular formula is C11H19BrN2S. The highest BCUT2D eigenvalue weighted by molar-refractivity contribution is 9.09. The average Bonchev–Trinajstić information content (AvgIpc) is 2.59. The van der Waals surface area contributed by atoms with E-state index in [9.17, 15) is 0 Å². The Balaban J connectivity index is 2.15. The van der Waals surface area contributed by atoms with Crippen molar-refractivity contribution in [1.82, 2.24) is 9.88 Å². The van der Waals surface area contributed by atoms with Crippen molar-refractivity contribution in [1.29, 1.82) is 0 Å². The Hall–Kier alpha value is 0.0700. The molecule has 2 nitrogen and oxygen atoms in total. The van der Waals surface area contributed by atoms with Crippen molar-refractivity contribution >= 4 is 27.3 Å². The van der Waals surface area contributed by atoms with Crippen LogP contribution < -0.4 is 0 Å². The summed E-state index contributed by atoms with van der Waals surface area (Å²) >= 11 is 5.19. The minimum Gasteiger partial charge on any atom is -0.301 e. The standard InChI is InChI=1S/C11H19BrN2S/c1-10-13-11(9-15-10)8-14(2)7-5-3-4-6-12/h9H,3-8H2,1-2H3. The largest absolute Gasteiger partial charge is 0.301 e. The van der Waals surface area contributed by atoms with E-state index in [0.29, 0.717) is 0 Å². The molecule has 0 fully saturated rings. The molecular weight excluding hydrogens is 272 g/mol. The third-order valence-corrected chi connectivity index (χ3v) is 3.66. The molecule has 0 radical (unpaired) electrons. The molecule has 0 saturated carbocycles. The second-order valence-corrected chi connectivity index (χ2v) is 5.70. The van der Waals surface area contributed by atoms with Crippen molar-refractivity contribution in [3.63, 3.8) is 0 Å². The Morgan fingerprint density at radius 1 is 1.40 bits per heavy atom. The van der Waals surface area contributed by atoms with E-state index in [2.05, 4.69) is 45.2 Å². The Morgan fingerprint density at radius 2 is 2.20 bits per heavy atom. The molecule has 86 valence electrons. The normalized spacial score (nSPS) is 11.2. The van der Waals surface area contributed by atoms with Gasteiger partial charge in [-0.1, -0.05) is 22.4 Å². The molecule has 0 amide bonds. The van der Waals surface area contributed by atoms with Crippen LogP contribution in [0.25, 0.3) is 0 Å². The van der Waals surface area contributed by atoms with Crippen molar-refractivity contribution in [3.05, 3.63) is 16.1 Å². The molecule has 0 spiro atoms. The van der Waals surface area contributed by atoms with Gasteiger partial charge in [0.1, 0.15) is 0 Å². The first-order valence-corrected chi connectivity index (χ1v) is 7.38. The summed E-state index contributed by atoms with van der Waals surface area (Å²) in [5.74, 6) is 0. The van der Waals surface area contributed by atoms with Crippen molar-refractivity contribution < 1.29 is 0 Å². The third-order valence-electron chi connectivity index (χ3n) is 2.27. The molecule has 4 heteroatoms. The van der Waals surface area contributed by atoms with Crippen LogP contribution in [-0.4, -0.2) is 28.8 Å². The van der Waals surface area contributed by atoms with E-state index in [0.717, 1.165) is 16.9 Å². The quantitative estimate of drug-likeness (QED) is 0.565. The lowest BCUT2D eigenvalue weighted by Gasteiger charge is -2.14. The Morgan fingerprint density at radius 3 is 2.80 bits per heavy atom. The van der Waals surface area contributed by atoms with Crippen LogP contribution in [0.1, 0.15) is 30.0 Å². The van der Waals surface area contributed by atoms with Crippen LogP contribution in [0.3, 0.4) is 0 Å². The summed E-state index contributed by atoms with van der Waals surface area (Å²) in [4.78, 5) is 6.81. The smallest absolute Gasteiger partial charge is 0.0897 e. The van der Waals surface area contributed by atoms with Gasteiger partial charge in [0.2, 0.25) is 0 Å². The topological polar surface area (TPSA) is 16.1 Å². The summed E-state index contributed by atoms with van der Waals surface area (Å²) in [7, 11) is 2.17. The van der Waals surface area contributed by atoms with Gasteiger partial charge in [0.05, 0.1) is 10.7 Å². The van der Waals surface area contributed by atoms with Crippen molar-refractivity contribution in [2.75, 3.05) is 18.9 Å². The lowest BCUT2D eigenvalue weighted by molar-refractivity contribution is 0.315. The number of hydrogen-bond donors (Lipinski definition) is 0. The third kappa shape index (κ3) is 5.64. The van der Waals surface area contributed by atoms with Crippen LogP contribution in [0.5, 0.6) is 0 Å². The van der Waals surface area contributed by atoms with Crippen LogP contribution in [0, 0.1) is 6.92 Å². The molecule has 1 aromatic rings. The molecule has 0 aliphatic rings. The number of hydrogen-bond acceptors (Lipinski definition) is 3. The molecule has 15 heavy (non-hydrogen) atoms. The fourth-order valence-corrected chi connectivity index (χ4v) is 2.49. The molecule has 1 rings (SSSR count). The van der Waals surface area contributed by atoms with Crippen LogP contribution in [0.4, 0.5) is 0 Å². The van der Waals surface area contributed by atoms with E-state index in [1.807, 2.05) is 0 Å². The first-order valence-electron chi connectivity index (χ1n) is 5.38. The summed E-state index contributed by atoms with van der Waals surface area (Å²) in [5.41, 5.74) is 1.21. The van der Waals surface area contributed by atoms with E-state index in [-0.39, 0.29) is 0 Å².